The molecule has 0 aromatic heterocycles. The van der Waals surface area contributed by atoms with Gasteiger partial charge in [0.15, 0.2) is 0 Å². The number of esters is 2. The average Bonchev–Trinajstić information content (AvgIpc) is 2.76. The lowest BCUT2D eigenvalue weighted by Gasteiger charge is -2.27. The Kier molecular flexibility index (Phi) is 16.3. The molecule has 0 amide bonds. The van der Waals surface area contributed by atoms with Gasteiger partial charge in [-0.3, -0.25) is 9.59 Å². The van der Waals surface area contributed by atoms with E-state index in [0.717, 1.165) is 43.1 Å². The molecule has 1 aliphatic carbocycles. The summed E-state index contributed by atoms with van der Waals surface area (Å²) in [5.74, 6) is 0.296. The van der Waals surface area contributed by atoms with Crippen LogP contribution < -0.4 is 0 Å². The number of ether oxygens (including phenoxy) is 2. The Morgan fingerprint density at radius 2 is 1.15 bits per heavy atom. The van der Waals surface area contributed by atoms with Gasteiger partial charge in [-0.1, -0.05) is 104 Å². The van der Waals surface area contributed by atoms with E-state index in [1.54, 1.807) is 0 Å². The molecular weight excluding hydrogens is 412 g/mol. The van der Waals surface area contributed by atoms with E-state index in [1.165, 1.54) is 51.4 Å². The summed E-state index contributed by atoms with van der Waals surface area (Å²) in [5, 5.41) is 0. The number of hydrogen-bond acceptors (Lipinski definition) is 4. The SMILES string of the molecule is CC1=CCC(C(=O)OCCCCCCCC(C)C)C(C(=O)OCCCCCCCC(C)C)C1. The average molecular weight is 465 g/mol. The smallest absolute Gasteiger partial charge is 0.310 e. The molecule has 0 fully saturated rings. The number of allylic oxidation sites excluding steroid dienone is 2. The van der Waals surface area contributed by atoms with Crippen LogP contribution in [0.2, 0.25) is 0 Å². The lowest BCUT2D eigenvalue weighted by Crippen LogP contribution is -2.34. The third-order valence-corrected chi connectivity index (χ3v) is 6.69. The van der Waals surface area contributed by atoms with Gasteiger partial charge in [-0.2, -0.15) is 0 Å². The first-order valence-corrected chi connectivity index (χ1v) is 13.8. The van der Waals surface area contributed by atoms with Crippen molar-refractivity contribution >= 4 is 11.9 Å². The van der Waals surface area contributed by atoms with Gasteiger partial charge in [0.1, 0.15) is 0 Å². The zero-order valence-electron chi connectivity index (χ0n) is 22.3. The lowest BCUT2D eigenvalue weighted by molar-refractivity contribution is -0.161. The fraction of sp³-hybridized carbons (Fsp3) is 0.862. The molecule has 0 aromatic carbocycles. The van der Waals surface area contributed by atoms with Crippen LogP contribution in [-0.2, 0) is 19.1 Å². The van der Waals surface area contributed by atoms with Gasteiger partial charge < -0.3 is 9.47 Å². The molecule has 0 radical (unpaired) electrons. The van der Waals surface area contributed by atoms with Gasteiger partial charge in [0.25, 0.3) is 0 Å². The van der Waals surface area contributed by atoms with Crippen molar-refractivity contribution in [2.45, 2.75) is 125 Å². The summed E-state index contributed by atoms with van der Waals surface area (Å²) in [5.41, 5.74) is 1.16. The summed E-state index contributed by atoms with van der Waals surface area (Å²) in [6.07, 6.45) is 17.3. The summed E-state index contributed by atoms with van der Waals surface area (Å²) in [6, 6.07) is 0. The van der Waals surface area contributed by atoms with Crippen LogP contribution in [0.4, 0.5) is 0 Å². The van der Waals surface area contributed by atoms with E-state index in [4.69, 9.17) is 9.47 Å². The highest BCUT2D eigenvalue weighted by Crippen LogP contribution is 2.32. The van der Waals surface area contributed by atoms with E-state index in [9.17, 15) is 9.59 Å². The van der Waals surface area contributed by atoms with Crippen LogP contribution in [0.15, 0.2) is 11.6 Å². The standard InChI is InChI=1S/C29H52O4/c1-23(2)16-12-8-6-10-14-20-32-28(30)26-19-18-25(5)22-27(26)29(31)33-21-15-11-7-9-13-17-24(3)4/h18,23-24,26-27H,6-17,19-22H2,1-5H3. The highest BCUT2D eigenvalue weighted by molar-refractivity contribution is 5.83. The van der Waals surface area contributed by atoms with E-state index in [-0.39, 0.29) is 11.9 Å². The number of unbranched alkanes of at least 4 members (excludes halogenated alkanes) is 8. The molecule has 4 heteroatoms. The van der Waals surface area contributed by atoms with E-state index in [2.05, 4.69) is 33.8 Å². The molecule has 2 atom stereocenters. The van der Waals surface area contributed by atoms with E-state index in [1.807, 2.05) is 6.92 Å². The fourth-order valence-corrected chi connectivity index (χ4v) is 4.50. The molecule has 1 rings (SSSR count). The van der Waals surface area contributed by atoms with Gasteiger partial charge in [0.2, 0.25) is 0 Å². The minimum atomic E-state index is -0.400. The second-order valence-electron chi connectivity index (χ2n) is 10.9. The van der Waals surface area contributed by atoms with Crippen LogP contribution in [0, 0.1) is 23.7 Å². The third kappa shape index (κ3) is 14.5. The maximum absolute atomic E-state index is 12.7. The van der Waals surface area contributed by atoms with Crippen LogP contribution in [0.25, 0.3) is 0 Å². The molecule has 0 heterocycles. The second-order valence-corrected chi connectivity index (χ2v) is 10.9. The molecule has 4 nitrogen and oxygen atoms in total. The van der Waals surface area contributed by atoms with Crippen LogP contribution in [0.5, 0.6) is 0 Å². The number of hydrogen-bond donors (Lipinski definition) is 0. The monoisotopic (exact) mass is 464 g/mol. The minimum Gasteiger partial charge on any atom is -0.465 e. The molecule has 0 spiro atoms. The van der Waals surface area contributed by atoms with Crippen molar-refractivity contribution in [2.24, 2.45) is 23.7 Å². The molecule has 33 heavy (non-hydrogen) atoms. The van der Waals surface area contributed by atoms with E-state index in [0.29, 0.717) is 26.1 Å². The first kappa shape index (κ1) is 29.7. The Hall–Kier alpha value is -1.32. The largest absolute Gasteiger partial charge is 0.465 e. The Morgan fingerprint density at radius 3 is 1.64 bits per heavy atom. The van der Waals surface area contributed by atoms with Gasteiger partial charge >= 0.3 is 11.9 Å². The van der Waals surface area contributed by atoms with Gasteiger partial charge in [0.05, 0.1) is 25.0 Å². The molecule has 192 valence electrons. The quantitative estimate of drug-likeness (QED) is 0.117. The zero-order valence-corrected chi connectivity index (χ0v) is 22.3. The van der Waals surface area contributed by atoms with Crippen molar-refractivity contribution in [3.8, 4) is 0 Å². The maximum Gasteiger partial charge on any atom is 0.310 e. The zero-order chi connectivity index (χ0) is 24.5. The van der Waals surface area contributed by atoms with Gasteiger partial charge in [-0.25, -0.2) is 0 Å². The number of rotatable bonds is 18. The molecule has 0 aromatic rings. The van der Waals surface area contributed by atoms with Crippen molar-refractivity contribution in [3.63, 3.8) is 0 Å². The predicted molar refractivity (Wildman–Crippen MR) is 137 cm³/mol. The molecule has 0 bridgehead atoms. The van der Waals surface area contributed by atoms with E-state index >= 15 is 0 Å². The summed E-state index contributed by atoms with van der Waals surface area (Å²) in [7, 11) is 0. The van der Waals surface area contributed by atoms with Crippen molar-refractivity contribution in [1.29, 1.82) is 0 Å². The Labute approximate surface area is 204 Å². The van der Waals surface area contributed by atoms with E-state index < -0.39 is 11.8 Å². The number of carbonyl (C=O) groups is 2. The number of carbonyl (C=O) groups excluding carboxylic acids is 2. The van der Waals surface area contributed by atoms with Crippen LogP contribution in [0.1, 0.15) is 125 Å². The van der Waals surface area contributed by atoms with Gasteiger partial charge in [-0.15, -0.1) is 0 Å². The molecule has 1 aliphatic rings. The maximum atomic E-state index is 12.7. The summed E-state index contributed by atoms with van der Waals surface area (Å²) < 4.78 is 11.1. The fourth-order valence-electron chi connectivity index (χ4n) is 4.50. The third-order valence-electron chi connectivity index (χ3n) is 6.69. The highest BCUT2D eigenvalue weighted by atomic mass is 16.5. The second kappa shape index (κ2) is 18.1. The first-order chi connectivity index (χ1) is 15.8. The van der Waals surface area contributed by atoms with Crippen LogP contribution in [0.3, 0.4) is 0 Å². The minimum absolute atomic E-state index is 0.227. The molecular formula is C29H52O4. The topological polar surface area (TPSA) is 52.6 Å². The van der Waals surface area contributed by atoms with Crippen molar-refractivity contribution in [1.82, 2.24) is 0 Å². The van der Waals surface area contributed by atoms with Gasteiger partial charge in [0, 0.05) is 0 Å². The molecule has 0 saturated heterocycles. The van der Waals surface area contributed by atoms with Crippen molar-refractivity contribution in [2.75, 3.05) is 13.2 Å². The lowest BCUT2D eigenvalue weighted by atomic mass is 9.80. The van der Waals surface area contributed by atoms with Crippen LogP contribution in [-0.4, -0.2) is 25.2 Å². The van der Waals surface area contributed by atoms with Crippen LogP contribution >= 0.6 is 0 Å². The van der Waals surface area contributed by atoms with Gasteiger partial charge in [-0.05, 0) is 44.4 Å². The molecule has 0 saturated carbocycles. The first-order valence-electron chi connectivity index (χ1n) is 13.8. The molecule has 2 unspecified atom stereocenters. The summed E-state index contributed by atoms with van der Waals surface area (Å²) >= 11 is 0. The predicted octanol–water partition coefficient (Wildman–Crippen LogP) is 8.04. The summed E-state index contributed by atoms with van der Waals surface area (Å²) in [4.78, 5) is 25.4. The Morgan fingerprint density at radius 1 is 0.727 bits per heavy atom. The van der Waals surface area contributed by atoms with Crippen molar-refractivity contribution in [3.05, 3.63) is 11.6 Å². The molecule has 0 N–H and O–H groups in total. The molecule has 0 aliphatic heterocycles. The Balaban J connectivity index is 2.26. The highest BCUT2D eigenvalue weighted by Gasteiger charge is 2.37. The van der Waals surface area contributed by atoms with Crippen molar-refractivity contribution < 1.29 is 19.1 Å². The summed E-state index contributed by atoms with van der Waals surface area (Å²) in [6.45, 7) is 12.0. The normalized spacial score (nSPS) is 18.5. The Bertz CT molecular complexity index is 564.